The van der Waals surface area contributed by atoms with E-state index in [2.05, 4.69) is 9.97 Å². The van der Waals surface area contributed by atoms with Gasteiger partial charge in [0.25, 0.3) is 0 Å². The Morgan fingerprint density at radius 1 is 1.08 bits per heavy atom. The summed E-state index contributed by atoms with van der Waals surface area (Å²) in [5.74, 6) is -0.577. The summed E-state index contributed by atoms with van der Waals surface area (Å²) < 4.78 is 39.1. The van der Waals surface area contributed by atoms with Gasteiger partial charge in [0.1, 0.15) is 11.4 Å². The van der Waals surface area contributed by atoms with Gasteiger partial charge in [-0.2, -0.15) is 13.2 Å². The Hall–Kier alpha value is -2.87. The Morgan fingerprint density at radius 2 is 1.76 bits per heavy atom. The number of amides is 1. The van der Waals surface area contributed by atoms with Gasteiger partial charge >= 0.3 is 6.18 Å². The topological polar surface area (TPSA) is 97.8 Å². The van der Waals surface area contributed by atoms with Crippen molar-refractivity contribution in [1.82, 2.24) is 9.97 Å². The van der Waals surface area contributed by atoms with Crippen LogP contribution in [0.5, 0.6) is 0 Å². The Morgan fingerprint density at radius 3 is 2.40 bits per heavy atom. The number of nitrogens with two attached hydrogens (primary N) is 2. The van der Waals surface area contributed by atoms with Gasteiger partial charge in [-0.05, 0) is 29.8 Å². The van der Waals surface area contributed by atoms with E-state index in [0.717, 1.165) is 12.1 Å². The van der Waals surface area contributed by atoms with Crippen molar-refractivity contribution < 1.29 is 18.0 Å². The minimum atomic E-state index is -4.53. The van der Waals surface area contributed by atoms with Gasteiger partial charge in [-0.25, -0.2) is 4.98 Å². The summed E-state index contributed by atoms with van der Waals surface area (Å²) in [7, 11) is 0. The molecule has 130 valence electrons. The molecule has 8 heteroatoms. The highest BCUT2D eigenvalue weighted by Crippen LogP contribution is 2.35. The molecule has 0 aliphatic heterocycles. The molecular weight excluding hydrogens is 333 g/mol. The van der Waals surface area contributed by atoms with Crippen LogP contribution < -0.4 is 11.5 Å². The van der Waals surface area contributed by atoms with E-state index in [0.29, 0.717) is 11.0 Å². The number of nitrogens with zero attached hydrogens (tertiary/aromatic N) is 1. The van der Waals surface area contributed by atoms with Crippen molar-refractivity contribution in [3.63, 3.8) is 0 Å². The first-order valence-electron chi connectivity index (χ1n) is 7.40. The van der Waals surface area contributed by atoms with Crippen LogP contribution in [0.2, 0.25) is 0 Å². The lowest BCUT2D eigenvalue weighted by Crippen LogP contribution is -2.43. The Balaban J connectivity index is 2.18. The number of aromatic amines is 1. The van der Waals surface area contributed by atoms with Crippen molar-refractivity contribution >= 4 is 16.9 Å². The summed E-state index contributed by atoms with van der Waals surface area (Å²) in [6.07, 6.45) is -4.92. The molecule has 1 atom stereocenters. The summed E-state index contributed by atoms with van der Waals surface area (Å²) >= 11 is 0. The van der Waals surface area contributed by atoms with Crippen molar-refractivity contribution in [2.24, 2.45) is 11.5 Å². The van der Waals surface area contributed by atoms with Crippen molar-refractivity contribution in [1.29, 1.82) is 0 Å². The molecule has 0 aliphatic rings. The van der Waals surface area contributed by atoms with Gasteiger partial charge in [-0.3, -0.25) is 4.79 Å². The number of hydrogen-bond donors (Lipinski definition) is 3. The number of hydrogen-bond acceptors (Lipinski definition) is 3. The van der Waals surface area contributed by atoms with Gasteiger partial charge in [0, 0.05) is 0 Å². The highest BCUT2D eigenvalue weighted by molar-refractivity contribution is 5.78. The lowest BCUT2D eigenvalue weighted by atomic mass is 9.85. The smallest absolute Gasteiger partial charge is 0.370 e. The molecule has 0 aliphatic carbocycles. The molecule has 1 amide bonds. The number of nitrogens with one attached hydrogen (secondary N) is 1. The van der Waals surface area contributed by atoms with E-state index in [-0.39, 0.29) is 11.4 Å². The molecule has 0 saturated heterocycles. The first kappa shape index (κ1) is 17.0. The molecule has 1 heterocycles. The number of rotatable bonds is 4. The molecule has 5 N–H and O–H groups in total. The minimum Gasteiger partial charge on any atom is -0.370 e. The lowest BCUT2D eigenvalue weighted by molar-refractivity contribution is -0.137. The fourth-order valence-corrected chi connectivity index (χ4v) is 2.73. The van der Waals surface area contributed by atoms with Crippen molar-refractivity contribution in [2.45, 2.75) is 18.1 Å². The van der Waals surface area contributed by atoms with Crippen LogP contribution in [0.3, 0.4) is 0 Å². The SMILES string of the molecule is NC(=O)CC(N)(c1cccc(C(F)(F)F)c1)c1nc2ccccc2[nH]1. The van der Waals surface area contributed by atoms with E-state index in [1.165, 1.54) is 12.1 Å². The van der Waals surface area contributed by atoms with Gasteiger partial charge < -0.3 is 16.5 Å². The van der Waals surface area contributed by atoms with E-state index in [4.69, 9.17) is 11.5 Å². The fourth-order valence-electron chi connectivity index (χ4n) is 2.73. The van der Waals surface area contributed by atoms with Gasteiger partial charge in [-0.15, -0.1) is 0 Å². The second kappa shape index (κ2) is 5.89. The third kappa shape index (κ3) is 3.20. The number of fused-ring (bicyclic) bond motifs is 1. The summed E-state index contributed by atoms with van der Waals surface area (Å²) in [6, 6.07) is 11.5. The number of H-pyrrole nitrogens is 1. The number of benzene rings is 2. The van der Waals surface area contributed by atoms with Gasteiger partial charge in [0.15, 0.2) is 0 Å². The average molecular weight is 348 g/mol. The van der Waals surface area contributed by atoms with Crippen LogP contribution in [0.25, 0.3) is 11.0 Å². The predicted octanol–water partition coefficient (Wildman–Crippen LogP) is 2.66. The largest absolute Gasteiger partial charge is 0.416 e. The van der Waals surface area contributed by atoms with E-state index >= 15 is 0 Å². The molecule has 0 bridgehead atoms. The first-order chi connectivity index (χ1) is 11.7. The zero-order valence-corrected chi connectivity index (χ0v) is 13.0. The van der Waals surface area contributed by atoms with E-state index < -0.39 is 29.6 Å². The second-order valence-electron chi connectivity index (χ2n) is 5.80. The molecule has 5 nitrogen and oxygen atoms in total. The molecule has 1 aromatic heterocycles. The number of imidazole rings is 1. The zero-order valence-electron chi connectivity index (χ0n) is 13.0. The normalized spacial score (nSPS) is 14.4. The number of para-hydroxylation sites is 2. The van der Waals surface area contributed by atoms with Gasteiger partial charge in [-0.1, -0.05) is 24.3 Å². The molecular formula is C17H15F3N4O. The maximum Gasteiger partial charge on any atom is 0.416 e. The third-order valence-electron chi connectivity index (χ3n) is 3.97. The Bertz CT molecular complexity index is 902. The molecule has 0 spiro atoms. The highest BCUT2D eigenvalue weighted by Gasteiger charge is 2.38. The minimum absolute atomic E-state index is 0.0974. The van der Waals surface area contributed by atoms with Crippen LogP contribution in [0.4, 0.5) is 13.2 Å². The number of halogens is 3. The lowest BCUT2D eigenvalue weighted by Gasteiger charge is -2.27. The van der Waals surface area contributed by atoms with Crippen LogP contribution in [0.1, 0.15) is 23.4 Å². The summed E-state index contributed by atoms with van der Waals surface area (Å²) in [5, 5.41) is 0. The number of alkyl halides is 3. The monoisotopic (exact) mass is 348 g/mol. The molecule has 25 heavy (non-hydrogen) atoms. The van der Waals surface area contributed by atoms with E-state index in [1.807, 2.05) is 0 Å². The standard InChI is InChI=1S/C17H15F3N4O/c18-17(19,20)11-5-3-4-10(8-11)16(22,9-14(21)25)15-23-12-6-1-2-7-13(12)24-15/h1-8H,9,22H2,(H2,21,25)(H,23,24). The van der Waals surface area contributed by atoms with Crippen LogP contribution in [0, 0.1) is 0 Å². The highest BCUT2D eigenvalue weighted by atomic mass is 19.4. The summed E-state index contributed by atoms with van der Waals surface area (Å²) in [4.78, 5) is 18.8. The number of aromatic nitrogens is 2. The van der Waals surface area contributed by atoms with Crippen LogP contribution in [-0.2, 0) is 16.5 Å². The molecule has 0 fully saturated rings. The van der Waals surface area contributed by atoms with Crippen molar-refractivity contribution in [3.8, 4) is 0 Å². The predicted molar refractivity (Wildman–Crippen MR) is 86.3 cm³/mol. The van der Waals surface area contributed by atoms with Gasteiger partial charge in [0.05, 0.1) is 23.0 Å². The van der Waals surface area contributed by atoms with Crippen LogP contribution in [0.15, 0.2) is 48.5 Å². The molecule has 2 aromatic carbocycles. The van der Waals surface area contributed by atoms with Crippen molar-refractivity contribution in [2.75, 3.05) is 0 Å². The number of carbonyl (C=O) groups is 1. The maximum atomic E-state index is 13.0. The third-order valence-corrected chi connectivity index (χ3v) is 3.97. The Labute approximate surface area is 140 Å². The molecule has 1 unspecified atom stereocenters. The number of primary amides is 1. The maximum absolute atomic E-state index is 13.0. The molecule has 0 saturated carbocycles. The zero-order chi connectivity index (χ0) is 18.2. The molecule has 3 rings (SSSR count). The Kier molecular flexibility index (Phi) is 4.00. The van der Waals surface area contributed by atoms with Crippen LogP contribution in [-0.4, -0.2) is 15.9 Å². The van der Waals surface area contributed by atoms with Crippen molar-refractivity contribution in [3.05, 3.63) is 65.5 Å². The summed E-state index contributed by atoms with van der Waals surface area (Å²) in [5.41, 5.74) is 10.5. The number of carbonyl (C=O) groups excluding carboxylic acids is 1. The van der Waals surface area contributed by atoms with E-state index in [1.54, 1.807) is 24.3 Å². The fraction of sp³-hybridized carbons (Fsp3) is 0.176. The first-order valence-corrected chi connectivity index (χ1v) is 7.40. The van der Waals surface area contributed by atoms with E-state index in [9.17, 15) is 18.0 Å². The quantitative estimate of drug-likeness (QED) is 0.676. The average Bonchev–Trinajstić information content (AvgIpc) is 2.98. The second-order valence-corrected chi connectivity index (χ2v) is 5.80. The summed E-state index contributed by atoms with van der Waals surface area (Å²) in [6.45, 7) is 0. The van der Waals surface area contributed by atoms with Gasteiger partial charge in [0.2, 0.25) is 5.91 Å². The molecule has 0 radical (unpaired) electrons. The van der Waals surface area contributed by atoms with Crippen LogP contribution >= 0.6 is 0 Å². The molecule has 3 aromatic rings.